The highest BCUT2D eigenvalue weighted by Gasteiger charge is 2.14. The van der Waals surface area contributed by atoms with E-state index in [0.29, 0.717) is 5.56 Å². The molecule has 2 aromatic carbocycles. The highest BCUT2D eigenvalue weighted by Crippen LogP contribution is 2.22. The minimum absolute atomic E-state index is 0.00231. The van der Waals surface area contributed by atoms with Crippen molar-refractivity contribution in [3.05, 3.63) is 65.5 Å². The second-order valence-electron chi connectivity index (χ2n) is 6.76. The van der Waals surface area contributed by atoms with Crippen molar-refractivity contribution in [3.8, 4) is 5.75 Å². The van der Waals surface area contributed by atoms with Gasteiger partial charge in [-0.05, 0) is 35.2 Å². The highest BCUT2D eigenvalue weighted by atomic mass is 19.1. The van der Waals surface area contributed by atoms with E-state index in [1.165, 1.54) is 18.2 Å². The van der Waals surface area contributed by atoms with Gasteiger partial charge in [0.2, 0.25) is 0 Å². The van der Waals surface area contributed by atoms with Crippen molar-refractivity contribution in [2.45, 2.75) is 32.6 Å². The van der Waals surface area contributed by atoms with Crippen LogP contribution in [0.3, 0.4) is 0 Å². The maximum Gasteiger partial charge on any atom is 0.312 e. The molecule has 2 rings (SSSR count). The van der Waals surface area contributed by atoms with E-state index in [0.717, 1.165) is 11.6 Å². The van der Waals surface area contributed by atoms with Crippen LogP contribution in [0.4, 0.5) is 4.39 Å². The lowest BCUT2D eigenvalue weighted by molar-refractivity contribution is -0.134. The summed E-state index contributed by atoms with van der Waals surface area (Å²) >= 11 is 0. The van der Waals surface area contributed by atoms with Gasteiger partial charge in [0.05, 0.1) is 6.42 Å². The molecule has 0 aromatic heterocycles. The molecule has 0 atom stereocenters. The number of benzene rings is 2. The third-order valence-electron chi connectivity index (χ3n) is 3.66. The molecule has 0 radical (unpaired) electrons. The molecule has 5 heteroatoms. The maximum atomic E-state index is 13.0. The SMILES string of the molecule is CC(C)(C)c1ccc(C(=O)NCCC(=O)Oc2cccc(F)c2)cc1. The molecule has 0 aliphatic heterocycles. The monoisotopic (exact) mass is 343 g/mol. The van der Waals surface area contributed by atoms with Gasteiger partial charge in [-0.25, -0.2) is 4.39 Å². The number of carbonyl (C=O) groups is 2. The number of carbonyl (C=O) groups excluding carboxylic acids is 2. The van der Waals surface area contributed by atoms with Crippen molar-refractivity contribution in [2.24, 2.45) is 0 Å². The van der Waals surface area contributed by atoms with Gasteiger partial charge in [0.25, 0.3) is 5.91 Å². The molecule has 0 saturated carbocycles. The number of nitrogens with one attached hydrogen (secondary N) is 1. The summed E-state index contributed by atoms with van der Waals surface area (Å²) < 4.78 is 18.0. The van der Waals surface area contributed by atoms with Gasteiger partial charge in [0.15, 0.2) is 0 Å². The Kier molecular flexibility index (Phi) is 5.91. The number of amides is 1. The van der Waals surface area contributed by atoms with E-state index in [4.69, 9.17) is 4.74 Å². The van der Waals surface area contributed by atoms with Crippen LogP contribution in [0.15, 0.2) is 48.5 Å². The molecule has 0 fully saturated rings. The van der Waals surface area contributed by atoms with Crippen LogP contribution in [0.1, 0.15) is 43.1 Å². The number of ether oxygens (including phenoxy) is 1. The minimum atomic E-state index is -0.533. The van der Waals surface area contributed by atoms with E-state index in [-0.39, 0.29) is 30.0 Å². The van der Waals surface area contributed by atoms with Crippen LogP contribution in [0, 0.1) is 5.82 Å². The van der Waals surface area contributed by atoms with Gasteiger partial charge in [-0.2, -0.15) is 0 Å². The Bertz CT molecular complexity index is 748. The number of halogens is 1. The van der Waals surface area contributed by atoms with Crippen LogP contribution >= 0.6 is 0 Å². The molecular weight excluding hydrogens is 321 g/mol. The van der Waals surface area contributed by atoms with E-state index < -0.39 is 11.8 Å². The Morgan fingerprint density at radius 1 is 1.08 bits per heavy atom. The van der Waals surface area contributed by atoms with E-state index in [2.05, 4.69) is 26.1 Å². The van der Waals surface area contributed by atoms with E-state index in [1.807, 2.05) is 12.1 Å². The molecule has 0 heterocycles. The predicted molar refractivity (Wildman–Crippen MR) is 94.1 cm³/mol. The smallest absolute Gasteiger partial charge is 0.312 e. The molecule has 0 saturated heterocycles. The fourth-order valence-corrected chi connectivity index (χ4v) is 2.21. The van der Waals surface area contributed by atoms with Crippen molar-refractivity contribution in [3.63, 3.8) is 0 Å². The summed E-state index contributed by atoms with van der Waals surface area (Å²) in [6, 6.07) is 12.7. The van der Waals surface area contributed by atoms with Gasteiger partial charge in [-0.1, -0.05) is 39.0 Å². The summed E-state index contributed by atoms with van der Waals surface area (Å²) in [4.78, 5) is 23.8. The Hall–Kier alpha value is -2.69. The largest absolute Gasteiger partial charge is 0.426 e. The molecule has 25 heavy (non-hydrogen) atoms. The third kappa shape index (κ3) is 5.71. The minimum Gasteiger partial charge on any atom is -0.426 e. The van der Waals surface area contributed by atoms with E-state index >= 15 is 0 Å². The molecule has 1 N–H and O–H groups in total. The summed E-state index contributed by atoms with van der Waals surface area (Å²) in [6.07, 6.45) is 0.00231. The summed E-state index contributed by atoms with van der Waals surface area (Å²) in [5.74, 6) is -1.11. The average Bonchev–Trinajstić information content (AvgIpc) is 2.54. The molecule has 4 nitrogen and oxygen atoms in total. The van der Waals surface area contributed by atoms with Crippen LogP contribution in [0.2, 0.25) is 0 Å². The van der Waals surface area contributed by atoms with Gasteiger partial charge in [-0.15, -0.1) is 0 Å². The van der Waals surface area contributed by atoms with E-state index in [9.17, 15) is 14.0 Å². The molecule has 132 valence electrons. The maximum absolute atomic E-state index is 13.0. The van der Waals surface area contributed by atoms with Gasteiger partial charge in [-0.3, -0.25) is 9.59 Å². The van der Waals surface area contributed by atoms with Gasteiger partial charge in [0, 0.05) is 18.2 Å². The lowest BCUT2D eigenvalue weighted by atomic mass is 9.87. The first kappa shape index (κ1) is 18.6. The molecule has 0 unspecified atom stereocenters. The number of hydrogen-bond donors (Lipinski definition) is 1. The molecule has 0 aliphatic rings. The summed E-state index contributed by atoms with van der Waals surface area (Å²) in [5, 5.41) is 2.67. The Balaban J connectivity index is 1.81. The first-order valence-corrected chi connectivity index (χ1v) is 8.11. The predicted octanol–water partition coefficient (Wildman–Crippen LogP) is 3.85. The van der Waals surface area contributed by atoms with Crippen LogP contribution in [0.25, 0.3) is 0 Å². The lowest BCUT2D eigenvalue weighted by Crippen LogP contribution is -2.27. The Labute approximate surface area is 147 Å². The fraction of sp³-hybridized carbons (Fsp3) is 0.300. The number of hydrogen-bond acceptors (Lipinski definition) is 3. The average molecular weight is 343 g/mol. The number of esters is 1. The van der Waals surface area contributed by atoms with Crippen LogP contribution in [-0.2, 0) is 10.2 Å². The summed E-state index contributed by atoms with van der Waals surface area (Å²) in [5.41, 5.74) is 1.70. The molecule has 0 bridgehead atoms. The van der Waals surface area contributed by atoms with Crippen molar-refractivity contribution in [1.29, 1.82) is 0 Å². The Morgan fingerprint density at radius 3 is 2.36 bits per heavy atom. The fourth-order valence-electron chi connectivity index (χ4n) is 2.21. The van der Waals surface area contributed by atoms with Crippen molar-refractivity contribution in [2.75, 3.05) is 6.54 Å². The second-order valence-corrected chi connectivity index (χ2v) is 6.76. The zero-order chi connectivity index (χ0) is 18.4. The summed E-state index contributed by atoms with van der Waals surface area (Å²) in [6.45, 7) is 6.46. The van der Waals surface area contributed by atoms with Crippen molar-refractivity contribution < 1.29 is 18.7 Å². The molecule has 0 spiro atoms. The quantitative estimate of drug-likeness (QED) is 0.663. The Morgan fingerprint density at radius 2 is 1.76 bits per heavy atom. The highest BCUT2D eigenvalue weighted by molar-refractivity contribution is 5.94. The topological polar surface area (TPSA) is 55.4 Å². The standard InChI is InChI=1S/C20H22FNO3/c1-20(2,3)15-9-7-14(8-10-15)19(24)22-12-11-18(23)25-17-6-4-5-16(21)13-17/h4-10,13H,11-12H2,1-3H3,(H,22,24). The van der Waals surface area contributed by atoms with Crippen LogP contribution < -0.4 is 10.1 Å². The van der Waals surface area contributed by atoms with Gasteiger partial charge < -0.3 is 10.1 Å². The second kappa shape index (κ2) is 7.92. The van der Waals surface area contributed by atoms with Crippen molar-refractivity contribution >= 4 is 11.9 Å². The van der Waals surface area contributed by atoms with Crippen LogP contribution in [-0.4, -0.2) is 18.4 Å². The molecular formula is C20H22FNO3. The molecule has 1 amide bonds. The zero-order valence-electron chi connectivity index (χ0n) is 14.6. The third-order valence-corrected chi connectivity index (χ3v) is 3.66. The zero-order valence-corrected chi connectivity index (χ0v) is 14.6. The van der Waals surface area contributed by atoms with E-state index in [1.54, 1.807) is 12.1 Å². The first-order valence-electron chi connectivity index (χ1n) is 8.11. The molecule has 2 aromatic rings. The number of rotatable bonds is 5. The van der Waals surface area contributed by atoms with Crippen LogP contribution in [0.5, 0.6) is 5.75 Å². The normalized spacial score (nSPS) is 11.0. The molecule has 0 aliphatic carbocycles. The summed E-state index contributed by atoms with van der Waals surface area (Å²) in [7, 11) is 0. The van der Waals surface area contributed by atoms with Crippen molar-refractivity contribution in [1.82, 2.24) is 5.32 Å². The lowest BCUT2D eigenvalue weighted by Gasteiger charge is -2.19. The first-order chi connectivity index (χ1) is 11.8. The van der Waals surface area contributed by atoms with Gasteiger partial charge in [0.1, 0.15) is 11.6 Å². The van der Waals surface area contributed by atoms with Gasteiger partial charge >= 0.3 is 5.97 Å².